The molecule has 1 aliphatic carbocycles. The van der Waals surface area contributed by atoms with E-state index in [0.717, 1.165) is 17.7 Å². The monoisotopic (exact) mass is 255 g/mol. The Morgan fingerprint density at radius 3 is 2.00 bits per heavy atom. The summed E-state index contributed by atoms with van der Waals surface area (Å²) in [5, 5.41) is 0. The zero-order valence-corrected chi connectivity index (χ0v) is 12.2. The number of hydrogen-bond donors (Lipinski definition) is 0. The zero-order chi connectivity index (χ0) is 13.1. The smallest absolute Gasteiger partial charge is 0.105 e. The van der Waals surface area contributed by atoms with Crippen LogP contribution in [0.2, 0.25) is 5.82 Å². The number of hydrogen-bond acceptors (Lipinski definition) is 1. The van der Waals surface area contributed by atoms with Gasteiger partial charge in [0.15, 0.2) is 0 Å². The van der Waals surface area contributed by atoms with Gasteiger partial charge >= 0.3 is 0 Å². The number of nitrogens with zero attached hydrogens (tertiary/aromatic N) is 1. The van der Waals surface area contributed by atoms with Gasteiger partial charge < -0.3 is 4.90 Å². The van der Waals surface area contributed by atoms with E-state index in [1.54, 1.807) is 0 Å². The molecular formula is C17H26BN. The van der Waals surface area contributed by atoms with Crippen LogP contribution in [0.3, 0.4) is 0 Å². The van der Waals surface area contributed by atoms with Crippen LogP contribution in [0.1, 0.15) is 38.5 Å². The number of piperidine rings is 1. The summed E-state index contributed by atoms with van der Waals surface area (Å²) in [7, 11) is 2.42. The first kappa shape index (κ1) is 13.1. The maximum Gasteiger partial charge on any atom is 0.105 e. The normalized spacial score (nSPS) is 29.4. The lowest BCUT2D eigenvalue weighted by Crippen LogP contribution is -2.36. The van der Waals surface area contributed by atoms with Crippen molar-refractivity contribution in [1.29, 1.82) is 0 Å². The largest absolute Gasteiger partial charge is 0.372 e. The van der Waals surface area contributed by atoms with Crippen LogP contribution in [0.25, 0.3) is 0 Å². The number of para-hydroxylation sites is 1. The second-order valence-electron chi connectivity index (χ2n) is 6.68. The van der Waals surface area contributed by atoms with Crippen LogP contribution in [0.4, 0.5) is 5.69 Å². The van der Waals surface area contributed by atoms with Crippen LogP contribution in [0, 0.1) is 11.8 Å². The average molecular weight is 255 g/mol. The highest BCUT2D eigenvalue weighted by Gasteiger charge is 2.29. The lowest BCUT2D eigenvalue weighted by Gasteiger charge is -2.39. The molecule has 1 nitrogen and oxygen atoms in total. The molecule has 102 valence electrons. The van der Waals surface area contributed by atoms with Gasteiger partial charge in [-0.1, -0.05) is 49.7 Å². The minimum Gasteiger partial charge on any atom is -0.372 e. The third-order valence-corrected chi connectivity index (χ3v) is 5.39. The van der Waals surface area contributed by atoms with Gasteiger partial charge in [-0.2, -0.15) is 0 Å². The van der Waals surface area contributed by atoms with Gasteiger partial charge in [-0.3, -0.25) is 0 Å². The Morgan fingerprint density at radius 2 is 1.37 bits per heavy atom. The van der Waals surface area contributed by atoms with Crippen molar-refractivity contribution >= 4 is 13.5 Å². The van der Waals surface area contributed by atoms with Crippen molar-refractivity contribution in [3.05, 3.63) is 30.3 Å². The molecule has 2 fully saturated rings. The lowest BCUT2D eigenvalue weighted by molar-refractivity contribution is 0.213. The lowest BCUT2D eigenvalue weighted by atomic mass is 9.67. The van der Waals surface area contributed by atoms with E-state index in [1.165, 1.54) is 57.3 Å². The van der Waals surface area contributed by atoms with E-state index in [-0.39, 0.29) is 0 Å². The Balaban J connectivity index is 1.52. The van der Waals surface area contributed by atoms with Gasteiger partial charge in [0.05, 0.1) is 0 Å². The summed E-state index contributed by atoms with van der Waals surface area (Å²) in [6.07, 6.45) is 8.77. The van der Waals surface area contributed by atoms with Gasteiger partial charge in [0.1, 0.15) is 7.85 Å². The molecule has 2 heteroatoms. The molecule has 1 aliphatic heterocycles. The molecule has 1 aromatic carbocycles. The molecule has 1 aromatic rings. The molecule has 19 heavy (non-hydrogen) atoms. The van der Waals surface area contributed by atoms with Crippen molar-refractivity contribution in [2.45, 2.75) is 44.3 Å². The molecule has 0 aromatic heterocycles. The topological polar surface area (TPSA) is 3.24 Å². The summed E-state index contributed by atoms with van der Waals surface area (Å²) in [6, 6.07) is 10.9. The average Bonchev–Trinajstić information content (AvgIpc) is 2.49. The van der Waals surface area contributed by atoms with Crippen molar-refractivity contribution in [3.63, 3.8) is 0 Å². The predicted octanol–water partition coefficient (Wildman–Crippen LogP) is 3.51. The molecule has 0 spiro atoms. The fourth-order valence-corrected chi connectivity index (χ4v) is 4.03. The maximum atomic E-state index is 2.57. The highest BCUT2D eigenvalue weighted by Crippen LogP contribution is 2.39. The van der Waals surface area contributed by atoms with Crippen LogP contribution in [-0.2, 0) is 0 Å². The van der Waals surface area contributed by atoms with Crippen LogP contribution < -0.4 is 4.90 Å². The molecule has 0 N–H and O–H groups in total. The molecule has 3 rings (SSSR count). The third-order valence-electron chi connectivity index (χ3n) is 5.39. The van der Waals surface area contributed by atoms with E-state index < -0.39 is 0 Å². The molecule has 1 saturated heterocycles. The van der Waals surface area contributed by atoms with Crippen molar-refractivity contribution in [3.8, 4) is 0 Å². The molecule has 1 saturated carbocycles. The Bertz CT molecular complexity index is 376. The van der Waals surface area contributed by atoms with Crippen LogP contribution in [0.15, 0.2) is 30.3 Å². The summed E-state index contributed by atoms with van der Waals surface area (Å²) >= 11 is 0. The van der Waals surface area contributed by atoms with Gasteiger partial charge in [0.25, 0.3) is 0 Å². The van der Waals surface area contributed by atoms with Gasteiger partial charge in [-0.15, -0.1) is 0 Å². The van der Waals surface area contributed by atoms with Gasteiger partial charge in [0, 0.05) is 18.8 Å². The minimum atomic E-state index is 0.987. The second-order valence-corrected chi connectivity index (χ2v) is 6.68. The standard InChI is InChI=1S/C17H26BN/c18-16-8-6-14(7-9-16)15-10-12-19(13-11-15)17-4-2-1-3-5-17/h1-5,14-16H,6-13,18H2. The Hall–Kier alpha value is -0.915. The van der Waals surface area contributed by atoms with Gasteiger partial charge in [-0.25, -0.2) is 0 Å². The highest BCUT2D eigenvalue weighted by atomic mass is 15.1. The third kappa shape index (κ3) is 3.16. The quantitative estimate of drug-likeness (QED) is 0.731. The summed E-state index contributed by atoms with van der Waals surface area (Å²) < 4.78 is 0. The fraction of sp³-hybridized carbons (Fsp3) is 0.647. The molecule has 0 atom stereocenters. The van der Waals surface area contributed by atoms with E-state index in [4.69, 9.17) is 0 Å². The van der Waals surface area contributed by atoms with Crippen LogP contribution in [0.5, 0.6) is 0 Å². The van der Waals surface area contributed by atoms with Crippen molar-refractivity contribution in [1.82, 2.24) is 0 Å². The molecule has 0 bridgehead atoms. The summed E-state index contributed by atoms with van der Waals surface area (Å²) in [6.45, 7) is 2.53. The predicted molar refractivity (Wildman–Crippen MR) is 85.6 cm³/mol. The van der Waals surface area contributed by atoms with Crippen LogP contribution in [-0.4, -0.2) is 20.9 Å². The van der Waals surface area contributed by atoms with Gasteiger partial charge in [-0.05, 0) is 36.8 Å². The Morgan fingerprint density at radius 1 is 0.789 bits per heavy atom. The van der Waals surface area contributed by atoms with Crippen molar-refractivity contribution < 1.29 is 0 Å². The number of rotatable bonds is 2. The Kier molecular flexibility index (Phi) is 4.15. The van der Waals surface area contributed by atoms with E-state index in [0.29, 0.717) is 0 Å². The summed E-state index contributed by atoms with van der Waals surface area (Å²) in [5.41, 5.74) is 1.42. The molecule has 2 aliphatic rings. The molecule has 0 amide bonds. The second kappa shape index (κ2) is 6.03. The molecular weight excluding hydrogens is 229 g/mol. The molecule has 0 radical (unpaired) electrons. The maximum absolute atomic E-state index is 2.57. The Labute approximate surface area is 118 Å². The first-order valence-electron chi connectivity index (χ1n) is 8.13. The van der Waals surface area contributed by atoms with E-state index in [1.807, 2.05) is 0 Å². The van der Waals surface area contributed by atoms with Crippen molar-refractivity contribution in [2.75, 3.05) is 18.0 Å². The van der Waals surface area contributed by atoms with Crippen molar-refractivity contribution in [2.24, 2.45) is 11.8 Å². The highest BCUT2D eigenvalue weighted by molar-refractivity contribution is 6.11. The van der Waals surface area contributed by atoms with E-state index >= 15 is 0 Å². The van der Waals surface area contributed by atoms with E-state index in [9.17, 15) is 0 Å². The summed E-state index contributed by atoms with van der Waals surface area (Å²) in [4.78, 5) is 2.57. The fourth-order valence-electron chi connectivity index (χ4n) is 4.03. The minimum absolute atomic E-state index is 0.987. The SMILES string of the molecule is BC1CCC(C2CCN(c3ccccc3)CC2)CC1. The van der Waals surface area contributed by atoms with E-state index in [2.05, 4.69) is 43.1 Å². The first-order chi connectivity index (χ1) is 9.33. The molecule has 1 heterocycles. The summed E-state index contributed by atoms with van der Waals surface area (Å²) in [5.74, 6) is 3.03. The molecule has 0 unspecified atom stereocenters. The number of benzene rings is 1. The number of anilines is 1. The first-order valence-corrected chi connectivity index (χ1v) is 8.13. The van der Waals surface area contributed by atoms with Crippen LogP contribution >= 0.6 is 0 Å². The zero-order valence-electron chi connectivity index (χ0n) is 12.2. The van der Waals surface area contributed by atoms with Gasteiger partial charge in [0.2, 0.25) is 0 Å².